The van der Waals surface area contributed by atoms with Gasteiger partial charge < -0.3 is 24.1 Å². The smallest absolute Gasteiger partial charge is 0.358 e. The van der Waals surface area contributed by atoms with Gasteiger partial charge in [-0.25, -0.2) is 14.6 Å². The highest BCUT2D eigenvalue weighted by atomic mass is 16.5. The summed E-state index contributed by atoms with van der Waals surface area (Å²) in [6.07, 6.45) is 5.18. The second-order valence-corrected chi connectivity index (χ2v) is 7.11. The minimum atomic E-state index is -1.07. The first kappa shape index (κ1) is 16.4. The van der Waals surface area contributed by atoms with Crippen LogP contribution in [-0.4, -0.2) is 70.8 Å². The van der Waals surface area contributed by atoms with Crippen LogP contribution in [0.25, 0.3) is 0 Å². The van der Waals surface area contributed by atoms with Crippen LogP contribution < -0.4 is 0 Å². The second-order valence-electron chi connectivity index (χ2n) is 7.11. The summed E-state index contributed by atoms with van der Waals surface area (Å²) in [7, 11) is 0. The Morgan fingerprint density at radius 3 is 2.56 bits per heavy atom. The minimum absolute atomic E-state index is 0.00144. The number of morpholine rings is 1. The van der Waals surface area contributed by atoms with E-state index in [-0.39, 0.29) is 23.7 Å². The van der Waals surface area contributed by atoms with E-state index in [4.69, 9.17) is 14.3 Å². The van der Waals surface area contributed by atoms with Gasteiger partial charge >= 0.3 is 12.0 Å². The van der Waals surface area contributed by atoms with E-state index in [0.29, 0.717) is 57.3 Å². The number of carbonyl (C=O) groups excluding carboxylic acids is 1. The zero-order valence-corrected chi connectivity index (χ0v) is 14.1. The number of hydrogen-bond acceptors (Lipinski definition) is 5. The minimum Gasteiger partial charge on any atom is -0.476 e. The fourth-order valence-electron chi connectivity index (χ4n) is 3.84. The molecule has 8 nitrogen and oxygen atoms in total. The maximum atomic E-state index is 12.8. The van der Waals surface area contributed by atoms with Crippen LogP contribution in [0.2, 0.25) is 0 Å². The Kier molecular flexibility index (Phi) is 4.37. The summed E-state index contributed by atoms with van der Waals surface area (Å²) in [5.41, 5.74) is -0.00905. The largest absolute Gasteiger partial charge is 0.476 e. The molecule has 4 rings (SSSR count). The van der Waals surface area contributed by atoms with Gasteiger partial charge in [0, 0.05) is 32.1 Å². The molecule has 0 radical (unpaired) electrons. The van der Waals surface area contributed by atoms with E-state index in [1.54, 1.807) is 0 Å². The van der Waals surface area contributed by atoms with Crippen molar-refractivity contribution >= 4 is 12.0 Å². The number of carboxylic acid groups (broad SMARTS) is 1. The van der Waals surface area contributed by atoms with Crippen molar-refractivity contribution in [3.8, 4) is 0 Å². The van der Waals surface area contributed by atoms with Crippen LogP contribution in [0.15, 0.2) is 10.8 Å². The van der Waals surface area contributed by atoms with Crippen molar-refractivity contribution in [2.45, 2.75) is 37.7 Å². The van der Waals surface area contributed by atoms with Crippen LogP contribution in [0.4, 0.5) is 4.79 Å². The third kappa shape index (κ3) is 3.35. The molecule has 1 atom stereocenters. The number of ether oxygens (including phenoxy) is 1. The molecular formula is C17H23N3O5. The molecule has 8 heteroatoms. The van der Waals surface area contributed by atoms with E-state index >= 15 is 0 Å². The number of aromatic carboxylic acids is 1. The number of piperidine rings is 1. The molecule has 25 heavy (non-hydrogen) atoms. The molecule has 0 aromatic carbocycles. The van der Waals surface area contributed by atoms with E-state index in [1.165, 1.54) is 19.2 Å². The Morgan fingerprint density at radius 2 is 1.88 bits per heavy atom. The number of aromatic nitrogens is 1. The zero-order valence-electron chi connectivity index (χ0n) is 14.1. The number of carbonyl (C=O) groups is 2. The van der Waals surface area contributed by atoms with Crippen LogP contribution in [0, 0.1) is 5.92 Å². The van der Waals surface area contributed by atoms with Crippen LogP contribution in [-0.2, 0) is 4.74 Å². The summed E-state index contributed by atoms with van der Waals surface area (Å²) in [5.74, 6) is -0.00904. The number of urea groups is 1. The van der Waals surface area contributed by atoms with Gasteiger partial charge in [-0.05, 0) is 31.6 Å². The van der Waals surface area contributed by atoms with Gasteiger partial charge in [0.25, 0.3) is 0 Å². The van der Waals surface area contributed by atoms with Crippen LogP contribution in [0.1, 0.15) is 47.8 Å². The maximum absolute atomic E-state index is 12.8. The van der Waals surface area contributed by atoms with Crippen molar-refractivity contribution in [1.29, 1.82) is 0 Å². The van der Waals surface area contributed by atoms with Gasteiger partial charge in [-0.3, -0.25) is 0 Å². The number of amides is 2. The fourth-order valence-corrected chi connectivity index (χ4v) is 3.84. The summed E-state index contributed by atoms with van der Waals surface area (Å²) in [6, 6.07) is 0.0726. The van der Waals surface area contributed by atoms with Gasteiger partial charge in [0.15, 0.2) is 12.1 Å². The Bertz CT molecular complexity index is 648. The highest BCUT2D eigenvalue weighted by molar-refractivity contribution is 5.86. The molecule has 1 N–H and O–H groups in total. The predicted molar refractivity (Wildman–Crippen MR) is 86.4 cm³/mol. The van der Waals surface area contributed by atoms with Crippen molar-refractivity contribution in [3.63, 3.8) is 0 Å². The molecule has 0 bridgehead atoms. The van der Waals surface area contributed by atoms with Gasteiger partial charge in [0.05, 0.1) is 12.7 Å². The summed E-state index contributed by atoms with van der Waals surface area (Å²) in [5, 5.41) is 9.16. The van der Waals surface area contributed by atoms with Gasteiger partial charge in [0.2, 0.25) is 0 Å². The SMILES string of the molecule is O=C(O)c1ncoc1C1CCN(C(=O)N2CCOC(C3CC3)C2)CC1. The Balaban J connectivity index is 1.34. The molecular weight excluding hydrogens is 326 g/mol. The van der Waals surface area contributed by atoms with Gasteiger partial charge in [-0.15, -0.1) is 0 Å². The lowest BCUT2D eigenvalue weighted by atomic mass is 9.93. The Hall–Kier alpha value is -2.09. The summed E-state index contributed by atoms with van der Waals surface area (Å²) < 4.78 is 11.1. The summed E-state index contributed by atoms with van der Waals surface area (Å²) in [4.78, 5) is 31.5. The average Bonchev–Trinajstić information content (AvgIpc) is 3.37. The molecule has 2 saturated heterocycles. The number of nitrogens with zero attached hydrogens (tertiary/aromatic N) is 3. The van der Waals surface area contributed by atoms with Crippen LogP contribution >= 0.6 is 0 Å². The van der Waals surface area contributed by atoms with Crippen LogP contribution in [0.5, 0.6) is 0 Å². The molecule has 1 saturated carbocycles. The highest BCUT2D eigenvalue weighted by Gasteiger charge is 2.38. The molecule has 1 aromatic rings. The van der Waals surface area contributed by atoms with Crippen molar-refractivity contribution in [2.75, 3.05) is 32.8 Å². The highest BCUT2D eigenvalue weighted by Crippen LogP contribution is 2.36. The molecule has 3 aliphatic rings. The Morgan fingerprint density at radius 1 is 1.12 bits per heavy atom. The molecule has 2 amide bonds. The molecule has 0 spiro atoms. The monoisotopic (exact) mass is 349 g/mol. The Labute approximate surface area is 145 Å². The average molecular weight is 349 g/mol. The molecule has 2 aliphatic heterocycles. The number of likely N-dealkylation sites (tertiary alicyclic amines) is 1. The molecule has 1 unspecified atom stereocenters. The lowest BCUT2D eigenvalue weighted by Crippen LogP contribution is -2.53. The van der Waals surface area contributed by atoms with E-state index in [9.17, 15) is 9.59 Å². The zero-order chi connectivity index (χ0) is 17.4. The maximum Gasteiger partial charge on any atom is 0.358 e. The van der Waals surface area contributed by atoms with E-state index in [1.807, 2.05) is 9.80 Å². The van der Waals surface area contributed by atoms with Crippen LogP contribution in [0.3, 0.4) is 0 Å². The van der Waals surface area contributed by atoms with E-state index in [2.05, 4.69) is 4.98 Å². The molecule has 1 aromatic heterocycles. The number of carboxylic acids is 1. The predicted octanol–water partition coefficient (Wildman–Crippen LogP) is 1.78. The number of rotatable bonds is 3. The topological polar surface area (TPSA) is 96.1 Å². The second kappa shape index (κ2) is 6.67. The number of hydrogen-bond donors (Lipinski definition) is 1. The third-order valence-electron chi connectivity index (χ3n) is 5.45. The van der Waals surface area contributed by atoms with Crippen molar-refractivity contribution in [2.24, 2.45) is 5.92 Å². The first-order valence-corrected chi connectivity index (χ1v) is 8.95. The molecule has 136 valence electrons. The fraction of sp³-hybridized carbons (Fsp3) is 0.706. The first-order chi connectivity index (χ1) is 12.1. The van der Waals surface area contributed by atoms with Gasteiger partial charge in [-0.2, -0.15) is 0 Å². The van der Waals surface area contributed by atoms with Crippen molar-refractivity contribution < 1.29 is 23.8 Å². The van der Waals surface area contributed by atoms with Gasteiger partial charge in [0.1, 0.15) is 5.76 Å². The summed E-state index contributed by atoms with van der Waals surface area (Å²) >= 11 is 0. The quantitative estimate of drug-likeness (QED) is 0.894. The standard InChI is InChI=1S/C17H23N3O5/c21-16(22)14-15(25-10-18-14)12-3-5-19(6-4-12)17(23)20-7-8-24-13(9-20)11-1-2-11/h10-13H,1-9H2,(H,21,22). The molecule has 1 aliphatic carbocycles. The summed E-state index contributed by atoms with van der Waals surface area (Å²) in [6.45, 7) is 3.16. The van der Waals surface area contributed by atoms with E-state index in [0.717, 1.165) is 0 Å². The van der Waals surface area contributed by atoms with Crippen molar-refractivity contribution in [3.05, 3.63) is 17.8 Å². The van der Waals surface area contributed by atoms with Crippen molar-refractivity contribution in [1.82, 2.24) is 14.8 Å². The van der Waals surface area contributed by atoms with Gasteiger partial charge in [-0.1, -0.05) is 0 Å². The first-order valence-electron chi connectivity index (χ1n) is 8.95. The van der Waals surface area contributed by atoms with E-state index < -0.39 is 5.97 Å². The number of oxazole rings is 1. The lowest BCUT2D eigenvalue weighted by molar-refractivity contribution is -0.0305. The molecule has 3 heterocycles. The normalized spacial score (nSPS) is 25.2. The molecule has 3 fully saturated rings. The lowest BCUT2D eigenvalue weighted by Gasteiger charge is -2.39. The third-order valence-corrected chi connectivity index (χ3v) is 5.45.